The van der Waals surface area contributed by atoms with Crippen molar-refractivity contribution in [3.05, 3.63) is 74.8 Å². The molecule has 298 valence electrons. The van der Waals surface area contributed by atoms with Gasteiger partial charge in [-0.2, -0.15) is 0 Å². The predicted molar refractivity (Wildman–Crippen MR) is 192 cm³/mol. The SMILES string of the molecule is CO[C@@]1(NC(=O)C(NC(=O)c2c(C)oc3cc(O)c(O)cc3c2=O)c2ccc(OCC(=O)O)cc2)C(=O)N2C(C(=O)O)=C(CSc3nnnn3CC(=O)O)CS[C@@H]21. The molecule has 1 saturated heterocycles. The van der Waals surface area contributed by atoms with Crippen molar-refractivity contribution in [3.8, 4) is 17.2 Å². The van der Waals surface area contributed by atoms with Gasteiger partial charge >= 0.3 is 17.9 Å². The van der Waals surface area contributed by atoms with Gasteiger partial charge in [0.05, 0.1) is 5.39 Å². The van der Waals surface area contributed by atoms with Crippen LogP contribution in [0.3, 0.4) is 0 Å². The summed E-state index contributed by atoms with van der Waals surface area (Å²) in [5.41, 5.74) is -3.91. The quantitative estimate of drug-likeness (QED) is 0.0359. The van der Waals surface area contributed by atoms with Crippen LogP contribution in [0.15, 0.2) is 62.0 Å². The summed E-state index contributed by atoms with van der Waals surface area (Å²) in [5.74, 6) is -8.56. The van der Waals surface area contributed by atoms with Crippen LogP contribution in [0.4, 0.5) is 0 Å². The lowest BCUT2D eigenvalue weighted by Crippen LogP contribution is -2.81. The van der Waals surface area contributed by atoms with Crippen molar-refractivity contribution in [2.45, 2.75) is 35.8 Å². The van der Waals surface area contributed by atoms with Crippen molar-refractivity contribution in [2.75, 3.05) is 25.2 Å². The Morgan fingerprint density at radius 2 is 1.77 bits per heavy atom. The van der Waals surface area contributed by atoms with E-state index in [1.165, 1.54) is 31.2 Å². The topological polar surface area (TPSA) is 323 Å². The summed E-state index contributed by atoms with van der Waals surface area (Å²) >= 11 is 1.98. The number of carbonyl (C=O) groups excluding carboxylic acids is 3. The second kappa shape index (κ2) is 15.8. The van der Waals surface area contributed by atoms with Crippen LogP contribution in [0.1, 0.15) is 27.7 Å². The van der Waals surface area contributed by atoms with Gasteiger partial charge in [0.25, 0.3) is 17.5 Å². The highest BCUT2D eigenvalue weighted by molar-refractivity contribution is 8.01. The van der Waals surface area contributed by atoms with Crippen molar-refractivity contribution >= 4 is 70.1 Å². The number of tetrazole rings is 1. The number of phenolic OH excluding ortho intramolecular Hbond substituents is 2. The first-order valence-corrected chi connectivity index (χ1v) is 18.2. The van der Waals surface area contributed by atoms with E-state index in [1.807, 2.05) is 0 Å². The molecule has 7 N–H and O–H groups in total. The summed E-state index contributed by atoms with van der Waals surface area (Å²) < 4.78 is 17.3. The van der Waals surface area contributed by atoms with E-state index in [9.17, 15) is 48.9 Å². The van der Waals surface area contributed by atoms with E-state index < -0.39 is 94.1 Å². The van der Waals surface area contributed by atoms with Crippen LogP contribution in [-0.4, -0.2) is 123 Å². The molecule has 4 aromatic rings. The molecule has 1 fully saturated rings. The van der Waals surface area contributed by atoms with Gasteiger partial charge in [-0.05, 0) is 46.7 Å². The number of rotatable bonds is 15. The Morgan fingerprint density at radius 3 is 2.42 bits per heavy atom. The number of phenols is 2. The molecule has 3 amide bonds. The Morgan fingerprint density at radius 1 is 1.07 bits per heavy atom. The van der Waals surface area contributed by atoms with Crippen LogP contribution < -0.4 is 20.8 Å². The van der Waals surface area contributed by atoms with E-state index >= 15 is 0 Å². The van der Waals surface area contributed by atoms with E-state index in [4.69, 9.17) is 24.1 Å². The van der Waals surface area contributed by atoms with E-state index in [0.717, 1.165) is 52.3 Å². The van der Waals surface area contributed by atoms with Crippen LogP contribution in [0, 0.1) is 6.92 Å². The minimum atomic E-state index is -2.17. The predicted octanol–water partition coefficient (Wildman–Crippen LogP) is 0.0232. The summed E-state index contributed by atoms with van der Waals surface area (Å²) in [7, 11) is 1.10. The van der Waals surface area contributed by atoms with Gasteiger partial charge in [-0.25, -0.2) is 14.3 Å². The monoisotopic (exact) mass is 827 g/mol. The molecule has 0 radical (unpaired) electrons. The summed E-state index contributed by atoms with van der Waals surface area (Å²) in [6.07, 6.45) is 0. The molecule has 2 aliphatic rings. The Labute approximate surface area is 326 Å². The molecule has 0 saturated carbocycles. The summed E-state index contributed by atoms with van der Waals surface area (Å²) in [6, 6.07) is 5.41. The summed E-state index contributed by atoms with van der Waals surface area (Å²) in [6.45, 7) is 0.0471. The van der Waals surface area contributed by atoms with Crippen LogP contribution in [0.2, 0.25) is 0 Å². The molecule has 0 spiro atoms. The van der Waals surface area contributed by atoms with Crippen molar-refractivity contribution in [2.24, 2.45) is 0 Å². The van der Waals surface area contributed by atoms with Gasteiger partial charge in [-0.3, -0.25) is 28.9 Å². The molecule has 22 nitrogen and oxygen atoms in total. The van der Waals surface area contributed by atoms with Crippen LogP contribution in [0.25, 0.3) is 11.0 Å². The van der Waals surface area contributed by atoms with Gasteiger partial charge in [0.2, 0.25) is 16.5 Å². The highest BCUT2D eigenvalue weighted by Crippen LogP contribution is 2.47. The van der Waals surface area contributed by atoms with Crippen molar-refractivity contribution in [1.29, 1.82) is 0 Å². The first kappa shape index (κ1) is 40.0. The Kier molecular flexibility index (Phi) is 11.1. The van der Waals surface area contributed by atoms with Gasteiger partial charge in [0, 0.05) is 24.7 Å². The molecule has 0 bridgehead atoms. The van der Waals surface area contributed by atoms with E-state index in [-0.39, 0.29) is 50.3 Å². The number of carbonyl (C=O) groups is 6. The number of amides is 3. The number of β-lactam (4-membered cyclic amide) rings is 1. The van der Waals surface area contributed by atoms with Crippen LogP contribution in [0.5, 0.6) is 17.2 Å². The minimum Gasteiger partial charge on any atom is -0.504 e. The molecule has 2 aromatic heterocycles. The van der Waals surface area contributed by atoms with Gasteiger partial charge < -0.3 is 50.1 Å². The number of fused-ring (bicyclic) bond motifs is 2. The third-order valence-electron chi connectivity index (χ3n) is 8.61. The fourth-order valence-corrected chi connectivity index (χ4v) is 8.44. The van der Waals surface area contributed by atoms with Gasteiger partial charge in [-0.15, -0.1) is 16.9 Å². The fourth-order valence-electron chi connectivity index (χ4n) is 5.99. The molecule has 3 atom stereocenters. The molecule has 2 aromatic carbocycles. The third kappa shape index (κ3) is 7.64. The molecule has 1 unspecified atom stereocenters. The van der Waals surface area contributed by atoms with Crippen molar-refractivity contribution in [3.63, 3.8) is 0 Å². The molecule has 4 heterocycles. The second-order valence-electron chi connectivity index (χ2n) is 12.2. The molecular formula is C33H29N7O15S2. The largest absolute Gasteiger partial charge is 0.504 e. The van der Waals surface area contributed by atoms with E-state index in [0.29, 0.717) is 0 Å². The molecule has 0 aliphatic carbocycles. The number of aromatic hydroxyl groups is 2. The number of carboxylic acids is 3. The number of aromatic nitrogens is 4. The van der Waals surface area contributed by atoms with Crippen molar-refractivity contribution < 1.29 is 68.2 Å². The second-order valence-corrected chi connectivity index (χ2v) is 14.2. The maximum absolute atomic E-state index is 14.2. The number of benzene rings is 2. The number of aryl methyl sites for hydroxylation is 1. The smallest absolute Gasteiger partial charge is 0.352 e. The standard InChI is InChI=1S/C33H29N7O15S2/c1-13-23(26(47)17-7-18(41)19(42)8-20(17)55-13)27(48)34-24(14-3-5-16(6-4-14)54-10-22(45)46)28(49)35-33(53-2)30(52)40-25(29(50)51)15(11-56-31(33)40)12-57-32-36-37-38-39(32)9-21(43)44/h3-8,24,31,41-42H,9-12H2,1-2H3,(H,34,48)(H,35,49)(H,43,44)(H,45,46)(H,50,51)/t24?,31-,33+/m1/s1. The maximum atomic E-state index is 14.2. The number of carboxylic acid groups (broad SMARTS) is 3. The Hall–Kier alpha value is -6.66. The number of nitrogens with one attached hydrogen (secondary N) is 2. The first-order valence-electron chi connectivity index (χ1n) is 16.2. The number of thioether (sulfide) groups is 2. The molecule has 57 heavy (non-hydrogen) atoms. The van der Waals surface area contributed by atoms with Gasteiger partial charge in [0.15, 0.2) is 18.1 Å². The number of hydrogen-bond donors (Lipinski definition) is 7. The lowest BCUT2D eigenvalue weighted by atomic mass is 9.96. The summed E-state index contributed by atoms with van der Waals surface area (Å²) in [4.78, 5) is 91.1. The maximum Gasteiger partial charge on any atom is 0.352 e. The zero-order chi connectivity index (χ0) is 41.3. The fraction of sp³-hybridized carbons (Fsp3) is 0.273. The Bertz CT molecular complexity index is 2430. The number of methoxy groups -OCH3 is 1. The molecular weight excluding hydrogens is 799 g/mol. The first-order chi connectivity index (χ1) is 27.1. The normalized spacial score (nSPS) is 18.0. The number of ether oxygens (including phenoxy) is 2. The molecule has 6 rings (SSSR count). The van der Waals surface area contributed by atoms with Crippen LogP contribution in [-0.2, 0) is 35.3 Å². The summed E-state index contributed by atoms with van der Waals surface area (Å²) in [5, 5.41) is 62.6. The van der Waals surface area contributed by atoms with Crippen molar-refractivity contribution in [1.82, 2.24) is 35.7 Å². The number of hydrogen-bond acceptors (Lipinski definition) is 17. The third-order valence-corrected chi connectivity index (χ3v) is 11.0. The van der Waals surface area contributed by atoms with Gasteiger partial charge in [0.1, 0.15) is 46.3 Å². The zero-order valence-electron chi connectivity index (χ0n) is 29.3. The molecule has 24 heteroatoms. The zero-order valence-corrected chi connectivity index (χ0v) is 31.0. The van der Waals surface area contributed by atoms with Crippen LogP contribution >= 0.6 is 23.5 Å². The Balaban J connectivity index is 1.30. The highest BCUT2D eigenvalue weighted by atomic mass is 32.2. The molecule has 2 aliphatic heterocycles. The van der Waals surface area contributed by atoms with E-state index in [2.05, 4.69) is 26.2 Å². The lowest BCUT2D eigenvalue weighted by Gasteiger charge is -2.56. The van der Waals surface area contributed by atoms with E-state index in [1.54, 1.807) is 0 Å². The number of aliphatic carboxylic acids is 3. The van der Waals surface area contributed by atoms with Gasteiger partial charge in [-0.1, -0.05) is 23.9 Å². The lowest BCUT2D eigenvalue weighted by molar-refractivity contribution is -0.192. The minimum absolute atomic E-state index is 0.00682. The highest BCUT2D eigenvalue weighted by Gasteiger charge is 2.67. The average Bonchev–Trinajstić information content (AvgIpc) is 3.60. The number of nitrogens with zero attached hydrogens (tertiary/aromatic N) is 5. The average molecular weight is 828 g/mol.